The van der Waals surface area contributed by atoms with Gasteiger partial charge in [-0.3, -0.25) is 19.7 Å². The molecule has 3 aliphatic rings. The van der Waals surface area contributed by atoms with Gasteiger partial charge in [0.1, 0.15) is 12.6 Å². The first-order chi connectivity index (χ1) is 11.6. The number of fused-ring (bicyclic) bond motifs is 2. The van der Waals surface area contributed by atoms with Crippen LogP contribution in [-0.4, -0.2) is 53.1 Å². The summed E-state index contributed by atoms with van der Waals surface area (Å²) in [5.41, 5.74) is 1.22. The first-order valence-electron chi connectivity index (χ1n) is 7.78. The summed E-state index contributed by atoms with van der Waals surface area (Å²) in [5, 5.41) is 11.4. The molecule has 1 aromatic rings. The van der Waals surface area contributed by atoms with Crippen LogP contribution in [0.1, 0.15) is 28.8 Å². The Balaban J connectivity index is 1.61. The molecule has 8 nitrogen and oxygen atoms in total. The number of carbonyl (C=O) groups is 3. The molecule has 1 fully saturated rings. The topological polar surface area (TPSA) is 105 Å². The van der Waals surface area contributed by atoms with Crippen molar-refractivity contribution in [1.29, 1.82) is 0 Å². The molecular weight excluding hydrogens is 316 g/mol. The van der Waals surface area contributed by atoms with Crippen molar-refractivity contribution < 1.29 is 29.0 Å². The normalized spacial score (nSPS) is 25.5. The van der Waals surface area contributed by atoms with Gasteiger partial charge >= 0.3 is 0 Å². The van der Waals surface area contributed by atoms with Gasteiger partial charge in [0, 0.05) is 18.5 Å². The molecule has 0 unspecified atom stereocenters. The Bertz CT molecular complexity index is 746. The van der Waals surface area contributed by atoms with E-state index in [0.717, 1.165) is 5.56 Å². The van der Waals surface area contributed by atoms with E-state index in [4.69, 9.17) is 9.47 Å². The lowest BCUT2D eigenvalue weighted by Crippen LogP contribution is -2.52. The number of aliphatic hydroxyl groups is 1. The molecule has 2 atom stereocenters. The van der Waals surface area contributed by atoms with Crippen LogP contribution in [0.4, 0.5) is 0 Å². The van der Waals surface area contributed by atoms with E-state index in [-0.39, 0.29) is 31.4 Å². The van der Waals surface area contributed by atoms with E-state index in [1.54, 1.807) is 12.1 Å². The Hall–Kier alpha value is -2.61. The first kappa shape index (κ1) is 14.9. The maximum absolute atomic E-state index is 12.7. The number of benzene rings is 1. The Morgan fingerprint density at radius 1 is 1.25 bits per heavy atom. The third kappa shape index (κ3) is 2.30. The zero-order chi connectivity index (χ0) is 16.8. The summed E-state index contributed by atoms with van der Waals surface area (Å²) in [5.74, 6) is -0.0800. The number of aliphatic hydroxyl groups excluding tert-OH is 1. The van der Waals surface area contributed by atoms with Gasteiger partial charge in [0.05, 0.1) is 6.61 Å². The molecule has 0 aliphatic carbocycles. The van der Waals surface area contributed by atoms with E-state index in [1.807, 2.05) is 0 Å². The highest BCUT2D eigenvalue weighted by atomic mass is 16.6. The van der Waals surface area contributed by atoms with Crippen LogP contribution >= 0.6 is 0 Å². The molecule has 4 rings (SSSR count). The van der Waals surface area contributed by atoms with Crippen molar-refractivity contribution in [2.24, 2.45) is 0 Å². The lowest BCUT2D eigenvalue weighted by atomic mass is 10.0. The number of carbonyl (C=O) groups excluding carboxylic acids is 3. The molecule has 0 radical (unpaired) electrons. The molecule has 24 heavy (non-hydrogen) atoms. The third-order valence-corrected chi connectivity index (χ3v) is 4.51. The summed E-state index contributed by atoms with van der Waals surface area (Å²) in [6, 6.07) is 2.69. The zero-order valence-corrected chi connectivity index (χ0v) is 12.8. The number of nitrogens with one attached hydrogen (secondary N) is 1. The van der Waals surface area contributed by atoms with Gasteiger partial charge in [-0.2, -0.15) is 0 Å². The summed E-state index contributed by atoms with van der Waals surface area (Å²) in [4.78, 5) is 37.5. The number of ether oxygens (including phenoxy) is 2. The zero-order valence-electron chi connectivity index (χ0n) is 12.8. The van der Waals surface area contributed by atoms with E-state index < -0.39 is 18.1 Å². The standard InChI is InChI=1S/C16H16N2O6/c19-6-9-7-23-12-3-8-5-18(11-1-2-14(20)17-15(11)21)16(22)10(8)4-13(12)24-9/h3-4,9,11,19H,1-2,5-7H2,(H,17,20,21)/t9-,11+/m1/s1. The Morgan fingerprint density at radius 2 is 2.08 bits per heavy atom. The van der Waals surface area contributed by atoms with Crippen molar-refractivity contribution in [3.05, 3.63) is 23.3 Å². The maximum atomic E-state index is 12.7. The monoisotopic (exact) mass is 332 g/mol. The minimum absolute atomic E-state index is 0.174. The van der Waals surface area contributed by atoms with Crippen LogP contribution in [0.2, 0.25) is 0 Å². The van der Waals surface area contributed by atoms with Crippen LogP contribution in [0.5, 0.6) is 11.5 Å². The van der Waals surface area contributed by atoms with Crippen LogP contribution in [0, 0.1) is 0 Å². The van der Waals surface area contributed by atoms with E-state index in [9.17, 15) is 19.5 Å². The predicted octanol–water partition coefficient (Wildman–Crippen LogP) is -0.420. The predicted molar refractivity (Wildman–Crippen MR) is 79.5 cm³/mol. The van der Waals surface area contributed by atoms with Crippen LogP contribution in [0.3, 0.4) is 0 Å². The van der Waals surface area contributed by atoms with Crippen molar-refractivity contribution in [2.45, 2.75) is 31.5 Å². The van der Waals surface area contributed by atoms with Gasteiger partial charge in [0.25, 0.3) is 5.91 Å². The average Bonchev–Trinajstić information content (AvgIpc) is 2.88. The van der Waals surface area contributed by atoms with Crippen LogP contribution in [0.15, 0.2) is 12.1 Å². The molecule has 1 saturated heterocycles. The molecule has 3 heterocycles. The molecule has 1 aromatic carbocycles. The summed E-state index contributed by atoms with van der Waals surface area (Å²) >= 11 is 0. The van der Waals surface area contributed by atoms with Gasteiger partial charge in [0.2, 0.25) is 11.8 Å². The quantitative estimate of drug-likeness (QED) is 0.713. The maximum Gasteiger partial charge on any atom is 0.255 e. The minimum atomic E-state index is -0.647. The van der Waals surface area contributed by atoms with Crippen molar-refractivity contribution >= 4 is 17.7 Å². The molecule has 0 bridgehead atoms. The van der Waals surface area contributed by atoms with Crippen molar-refractivity contribution in [3.8, 4) is 11.5 Å². The van der Waals surface area contributed by atoms with Crippen LogP contribution in [0.25, 0.3) is 0 Å². The highest BCUT2D eigenvalue weighted by molar-refractivity contribution is 6.05. The molecule has 126 valence electrons. The highest BCUT2D eigenvalue weighted by Crippen LogP contribution is 2.38. The number of piperidine rings is 1. The first-order valence-corrected chi connectivity index (χ1v) is 7.78. The molecule has 3 aliphatic heterocycles. The number of hydrogen-bond acceptors (Lipinski definition) is 6. The number of hydrogen-bond donors (Lipinski definition) is 2. The van der Waals surface area contributed by atoms with Gasteiger partial charge < -0.3 is 19.5 Å². The fraction of sp³-hybridized carbons (Fsp3) is 0.438. The summed E-state index contributed by atoms with van der Waals surface area (Å²) in [6.07, 6.45) is 0.0829. The second-order valence-electron chi connectivity index (χ2n) is 6.09. The minimum Gasteiger partial charge on any atom is -0.486 e. The van der Waals surface area contributed by atoms with E-state index in [2.05, 4.69) is 5.32 Å². The van der Waals surface area contributed by atoms with Gasteiger partial charge in [-0.15, -0.1) is 0 Å². The lowest BCUT2D eigenvalue weighted by molar-refractivity contribution is -0.136. The molecule has 8 heteroatoms. The van der Waals surface area contributed by atoms with Gasteiger partial charge in [-0.25, -0.2) is 0 Å². The van der Waals surface area contributed by atoms with Crippen LogP contribution in [-0.2, 0) is 16.1 Å². The Labute approximate surface area is 137 Å². The molecular formula is C16H16N2O6. The second-order valence-corrected chi connectivity index (χ2v) is 6.09. The lowest BCUT2D eigenvalue weighted by Gasteiger charge is -2.29. The van der Waals surface area contributed by atoms with E-state index in [0.29, 0.717) is 30.0 Å². The van der Waals surface area contributed by atoms with E-state index in [1.165, 1.54) is 4.90 Å². The summed E-state index contributed by atoms with van der Waals surface area (Å²) < 4.78 is 11.2. The molecule has 3 amide bonds. The van der Waals surface area contributed by atoms with Gasteiger partial charge in [0.15, 0.2) is 17.6 Å². The molecule has 2 N–H and O–H groups in total. The number of nitrogens with zero attached hydrogens (tertiary/aromatic N) is 1. The average molecular weight is 332 g/mol. The van der Waals surface area contributed by atoms with Crippen molar-refractivity contribution in [2.75, 3.05) is 13.2 Å². The van der Waals surface area contributed by atoms with Crippen molar-refractivity contribution in [1.82, 2.24) is 10.2 Å². The smallest absolute Gasteiger partial charge is 0.255 e. The van der Waals surface area contributed by atoms with Crippen LogP contribution < -0.4 is 14.8 Å². The Morgan fingerprint density at radius 3 is 2.83 bits per heavy atom. The van der Waals surface area contributed by atoms with E-state index >= 15 is 0 Å². The fourth-order valence-corrected chi connectivity index (χ4v) is 3.26. The number of imide groups is 1. The molecule has 0 spiro atoms. The van der Waals surface area contributed by atoms with Gasteiger partial charge in [-0.05, 0) is 24.1 Å². The largest absolute Gasteiger partial charge is 0.486 e. The molecule has 0 aromatic heterocycles. The SMILES string of the molecule is O=C1CC[C@H](N2Cc3cc4c(cc3C2=O)O[C@H](CO)CO4)C(=O)N1. The summed E-state index contributed by atoms with van der Waals surface area (Å²) in [6.45, 7) is 0.362. The third-order valence-electron chi connectivity index (χ3n) is 4.51. The molecule has 0 saturated carbocycles. The number of rotatable bonds is 2. The highest BCUT2D eigenvalue weighted by Gasteiger charge is 2.40. The fourth-order valence-electron chi connectivity index (χ4n) is 3.26. The van der Waals surface area contributed by atoms with Gasteiger partial charge in [-0.1, -0.05) is 0 Å². The Kier molecular flexibility index (Phi) is 3.42. The summed E-state index contributed by atoms with van der Waals surface area (Å²) in [7, 11) is 0. The second kappa shape index (κ2) is 5.48. The van der Waals surface area contributed by atoms with Crippen molar-refractivity contribution in [3.63, 3.8) is 0 Å². The number of amides is 3.